The van der Waals surface area contributed by atoms with Crippen LogP contribution in [0.25, 0.3) is 0 Å². The van der Waals surface area contributed by atoms with Crippen LogP contribution >= 0.6 is 0 Å². The fourth-order valence-corrected chi connectivity index (χ4v) is 0.374. The van der Waals surface area contributed by atoms with Crippen LogP contribution in [0.1, 0.15) is 16.6 Å². The van der Waals surface area contributed by atoms with Gasteiger partial charge in [-0.3, -0.25) is 0 Å². The van der Waals surface area contributed by atoms with Crippen LogP contribution in [-0.4, -0.2) is 0 Å². The van der Waals surface area contributed by atoms with Crippen molar-refractivity contribution in [3.63, 3.8) is 0 Å². The van der Waals surface area contributed by atoms with E-state index < -0.39 is 0 Å². The molecule has 0 amide bonds. The van der Waals surface area contributed by atoms with Crippen LogP contribution < -0.4 is 0 Å². The molecule has 0 nitrogen and oxygen atoms in total. The van der Waals surface area contributed by atoms with E-state index in [0.717, 1.165) is 0 Å². The normalized spacial score (nSPS) is 16.5. The first kappa shape index (κ1) is 4.13. The Kier molecular flexibility index (Phi) is 2.26. The summed E-state index contributed by atoms with van der Waals surface area (Å²) in [6.45, 7) is 3.88. The topological polar surface area (TPSA) is 0 Å². The largest absolute Gasteiger partial charge is 0.0918 e. The Hall–Kier alpha value is -0.780. The molecule has 0 heteroatoms. The van der Waals surface area contributed by atoms with Gasteiger partial charge < -0.3 is 0 Å². The van der Waals surface area contributed by atoms with Gasteiger partial charge in [-0.15, -0.1) is 0 Å². The third-order valence-corrected chi connectivity index (χ3v) is 0.663. The van der Waals surface area contributed by atoms with Crippen molar-refractivity contribution >= 4 is 0 Å². The highest BCUT2D eigenvalue weighted by atomic mass is 13.9. The van der Waals surface area contributed by atoms with Gasteiger partial charge in [0.15, 0.2) is 0 Å². The summed E-state index contributed by atoms with van der Waals surface area (Å²) in [5.74, 6) is 0. The second kappa shape index (κ2) is 4.38. The minimum atomic E-state index is -0.116. The van der Waals surface area contributed by atoms with E-state index in [0.29, 0.717) is 5.57 Å². The molecule has 0 saturated carbocycles. The van der Waals surface area contributed by atoms with Gasteiger partial charge in [0.05, 0.1) is 2.74 Å². The summed E-state index contributed by atoms with van der Waals surface area (Å²) in [6.07, 6.45) is 7.13. The van der Waals surface area contributed by atoms with Gasteiger partial charge in [-0.05, 0) is 5.57 Å². The highest BCUT2D eigenvalue weighted by molar-refractivity contribution is 5.37. The monoisotopic (exact) mass is 112 g/mol. The maximum atomic E-state index is 6.82. The molecule has 1 rings (SSSR count). The molecule has 0 spiro atoms. The second-order valence-corrected chi connectivity index (χ2v) is 1.17. The molecule has 0 aromatic carbocycles. The van der Waals surface area contributed by atoms with Crippen molar-refractivity contribution in [3.8, 4) is 0 Å². The third-order valence-electron chi connectivity index (χ3n) is 0.663. The Morgan fingerprint density at radius 1 is 1.38 bits per heavy atom. The standard InChI is InChI=1S/C6H6.C2H6/c1-6-4-2-3-5-6;1-2/h2-5H,1H2;1-2H3/i1T2;. The van der Waals surface area contributed by atoms with Crippen molar-refractivity contribution in [1.29, 1.82) is 0 Å². The van der Waals surface area contributed by atoms with Gasteiger partial charge in [0.1, 0.15) is 0 Å². The molecule has 0 aromatic heterocycles. The average Bonchev–Trinajstić information content (AvgIpc) is 2.42. The first-order valence-electron chi connectivity index (χ1n) is 3.83. The van der Waals surface area contributed by atoms with Gasteiger partial charge in [0, 0.05) is 0 Å². The van der Waals surface area contributed by atoms with E-state index in [9.17, 15) is 0 Å². The average molecular weight is 112 g/mol. The summed E-state index contributed by atoms with van der Waals surface area (Å²) in [7, 11) is 0. The summed E-state index contributed by atoms with van der Waals surface area (Å²) >= 11 is 0. The van der Waals surface area contributed by atoms with Crippen LogP contribution in [0.4, 0.5) is 0 Å². The Balaban J connectivity index is 0.000000371. The van der Waals surface area contributed by atoms with Crippen molar-refractivity contribution in [2.24, 2.45) is 0 Å². The van der Waals surface area contributed by atoms with Gasteiger partial charge in [-0.25, -0.2) is 0 Å². The number of hydrogen-bond donors (Lipinski definition) is 0. The first-order valence-corrected chi connectivity index (χ1v) is 2.83. The van der Waals surface area contributed by atoms with Gasteiger partial charge in [0.2, 0.25) is 0 Å². The lowest BCUT2D eigenvalue weighted by atomic mass is 10.4. The number of allylic oxidation sites excluding steroid dienone is 5. The smallest absolute Gasteiger partial charge is 0.0544 e. The second-order valence-electron chi connectivity index (χ2n) is 1.17. The third kappa shape index (κ3) is 2.40. The van der Waals surface area contributed by atoms with Crippen molar-refractivity contribution in [3.05, 3.63) is 36.4 Å². The SMILES string of the molecule is CC.[3H]C([3H])=C1C=CC=C1. The molecule has 0 heterocycles. The van der Waals surface area contributed by atoms with Crippen LogP contribution in [0, 0.1) is 0 Å². The quantitative estimate of drug-likeness (QED) is 0.452. The van der Waals surface area contributed by atoms with E-state index in [1.54, 1.807) is 12.2 Å². The van der Waals surface area contributed by atoms with Gasteiger partial charge in [0.25, 0.3) is 0 Å². The van der Waals surface area contributed by atoms with E-state index in [1.165, 1.54) is 0 Å². The predicted octanol–water partition coefficient (Wildman–Crippen LogP) is 2.69. The molecule has 8 heavy (non-hydrogen) atoms. The highest BCUT2D eigenvalue weighted by Crippen LogP contribution is 2.01. The molecule has 44 valence electrons. The van der Waals surface area contributed by atoms with Crippen molar-refractivity contribution < 1.29 is 2.74 Å². The summed E-state index contributed by atoms with van der Waals surface area (Å²) in [5.41, 5.74) is 0.685. The molecule has 0 atom stereocenters. The number of rotatable bonds is 0. The molecule has 0 aromatic rings. The van der Waals surface area contributed by atoms with Crippen LogP contribution in [-0.2, 0) is 0 Å². The van der Waals surface area contributed by atoms with E-state index in [-0.39, 0.29) is 6.53 Å². The maximum Gasteiger partial charge on any atom is 0.0544 e. The van der Waals surface area contributed by atoms with E-state index in [2.05, 4.69) is 0 Å². The molecule has 0 bridgehead atoms. The summed E-state index contributed by atoms with van der Waals surface area (Å²) in [4.78, 5) is 0. The lowest BCUT2D eigenvalue weighted by Gasteiger charge is -1.71. The van der Waals surface area contributed by atoms with Crippen molar-refractivity contribution in [2.75, 3.05) is 0 Å². The zero-order valence-corrected chi connectivity index (χ0v) is 5.31. The minimum Gasteiger partial charge on any atom is -0.0918 e. The molecular weight excluding hydrogens is 96.1 g/mol. The summed E-state index contributed by atoms with van der Waals surface area (Å²) in [6, 6.07) is 0. The van der Waals surface area contributed by atoms with Crippen molar-refractivity contribution in [2.45, 2.75) is 13.8 Å². The maximum absolute atomic E-state index is 6.82. The van der Waals surface area contributed by atoms with Crippen LogP contribution in [0.2, 0.25) is 0 Å². The molecule has 0 N–H and O–H groups in total. The predicted molar refractivity (Wildman–Crippen MR) is 38.8 cm³/mol. The lowest BCUT2D eigenvalue weighted by Crippen LogP contribution is -1.50. The first-order chi connectivity index (χ1) is 4.80. The van der Waals surface area contributed by atoms with Crippen LogP contribution in [0.5, 0.6) is 0 Å². The Bertz CT molecular complexity index is 158. The fraction of sp³-hybridized carbons (Fsp3) is 0.250. The number of hydrogen-bond acceptors (Lipinski definition) is 0. The van der Waals surface area contributed by atoms with Gasteiger partial charge in [-0.2, -0.15) is 0 Å². The summed E-state index contributed by atoms with van der Waals surface area (Å²) in [5, 5.41) is 0. The van der Waals surface area contributed by atoms with E-state index >= 15 is 0 Å². The van der Waals surface area contributed by atoms with Crippen molar-refractivity contribution in [1.82, 2.24) is 0 Å². The summed E-state index contributed by atoms with van der Waals surface area (Å²) < 4.78 is 13.6. The Labute approximate surface area is 54.0 Å². The molecule has 0 unspecified atom stereocenters. The Morgan fingerprint density at radius 3 is 2.12 bits per heavy atom. The highest BCUT2D eigenvalue weighted by Gasteiger charge is 1.80. The van der Waals surface area contributed by atoms with E-state index in [1.807, 2.05) is 26.0 Å². The molecule has 0 radical (unpaired) electrons. The van der Waals surface area contributed by atoms with Crippen LogP contribution in [0.15, 0.2) is 36.4 Å². The molecule has 0 saturated heterocycles. The zero-order chi connectivity index (χ0) is 7.98. The lowest BCUT2D eigenvalue weighted by molar-refractivity contribution is 1.50. The Morgan fingerprint density at radius 2 is 1.88 bits per heavy atom. The van der Waals surface area contributed by atoms with Crippen LogP contribution in [0.3, 0.4) is 0 Å². The molecule has 0 fully saturated rings. The van der Waals surface area contributed by atoms with Gasteiger partial charge >= 0.3 is 0 Å². The van der Waals surface area contributed by atoms with Gasteiger partial charge in [-0.1, -0.05) is 44.7 Å². The molecule has 1 aliphatic carbocycles. The fourth-order valence-electron chi connectivity index (χ4n) is 0.374. The zero-order valence-electron chi connectivity index (χ0n) is 7.31. The molecule has 1 aliphatic rings. The molecule has 0 aliphatic heterocycles. The molecular formula is C8H12. The van der Waals surface area contributed by atoms with E-state index in [4.69, 9.17) is 2.74 Å². The minimum absolute atomic E-state index is 0.116.